The molecule has 0 radical (unpaired) electrons. The maximum Gasteiger partial charge on any atom is 0.273 e. The van der Waals surface area contributed by atoms with Gasteiger partial charge in [-0.05, 0) is 32.1 Å². The molecule has 116 valence electrons. The number of anilines is 2. The van der Waals surface area contributed by atoms with Crippen LogP contribution in [0.15, 0.2) is 35.7 Å². The summed E-state index contributed by atoms with van der Waals surface area (Å²) in [6.07, 6.45) is 1.02. The Kier molecular flexibility index (Phi) is 4.70. The van der Waals surface area contributed by atoms with E-state index in [9.17, 15) is 4.79 Å². The second-order valence-electron chi connectivity index (χ2n) is 5.48. The Hall–Kier alpha value is -1.92. The summed E-state index contributed by atoms with van der Waals surface area (Å²) in [5.41, 5.74) is 1.51. The van der Waals surface area contributed by atoms with E-state index in [0.717, 1.165) is 43.4 Å². The first-order valence-electron chi connectivity index (χ1n) is 7.48. The van der Waals surface area contributed by atoms with Crippen LogP contribution < -0.4 is 5.32 Å². The molecule has 0 atom stereocenters. The summed E-state index contributed by atoms with van der Waals surface area (Å²) in [5.74, 6) is 0.0349. The van der Waals surface area contributed by atoms with Crippen LogP contribution in [0, 0.1) is 0 Å². The van der Waals surface area contributed by atoms with E-state index in [2.05, 4.69) is 22.2 Å². The first kappa shape index (κ1) is 15.0. The van der Waals surface area contributed by atoms with E-state index < -0.39 is 0 Å². The van der Waals surface area contributed by atoms with Crippen LogP contribution in [0.1, 0.15) is 16.9 Å². The molecule has 0 spiro atoms. The van der Waals surface area contributed by atoms with Crippen molar-refractivity contribution in [2.45, 2.75) is 6.42 Å². The number of carbonyl (C=O) groups is 1. The summed E-state index contributed by atoms with van der Waals surface area (Å²) in [4.78, 5) is 21.1. The third-order valence-corrected chi connectivity index (χ3v) is 4.51. The number of nitrogens with zero attached hydrogens (tertiary/aromatic N) is 3. The lowest BCUT2D eigenvalue weighted by molar-refractivity contribution is 0.0758. The van der Waals surface area contributed by atoms with E-state index >= 15 is 0 Å². The highest BCUT2D eigenvalue weighted by molar-refractivity contribution is 7.14. The fourth-order valence-corrected chi connectivity index (χ4v) is 3.19. The van der Waals surface area contributed by atoms with E-state index in [-0.39, 0.29) is 5.91 Å². The molecule has 0 aliphatic carbocycles. The van der Waals surface area contributed by atoms with Crippen LogP contribution in [0.3, 0.4) is 0 Å². The monoisotopic (exact) mass is 316 g/mol. The van der Waals surface area contributed by atoms with Gasteiger partial charge in [-0.1, -0.05) is 18.2 Å². The van der Waals surface area contributed by atoms with Gasteiger partial charge < -0.3 is 15.1 Å². The van der Waals surface area contributed by atoms with Crippen LogP contribution in [-0.2, 0) is 0 Å². The molecule has 0 unspecified atom stereocenters. The average molecular weight is 316 g/mol. The number of hydrogen-bond acceptors (Lipinski definition) is 5. The van der Waals surface area contributed by atoms with Gasteiger partial charge in [-0.15, -0.1) is 11.3 Å². The summed E-state index contributed by atoms with van der Waals surface area (Å²) < 4.78 is 0. The zero-order valence-electron chi connectivity index (χ0n) is 12.7. The van der Waals surface area contributed by atoms with Gasteiger partial charge in [0, 0.05) is 30.7 Å². The number of aromatic nitrogens is 1. The first-order valence-corrected chi connectivity index (χ1v) is 8.36. The third-order valence-electron chi connectivity index (χ3n) is 3.76. The predicted octanol–water partition coefficient (Wildman–Crippen LogP) is 2.66. The number of nitrogens with one attached hydrogen (secondary N) is 1. The average Bonchev–Trinajstić information content (AvgIpc) is 2.88. The maximum atomic E-state index is 12.5. The van der Waals surface area contributed by atoms with Crippen molar-refractivity contribution < 1.29 is 4.79 Å². The zero-order valence-corrected chi connectivity index (χ0v) is 13.5. The van der Waals surface area contributed by atoms with Crippen LogP contribution >= 0.6 is 11.3 Å². The Morgan fingerprint density at radius 1 is 1.18 bits per heavy atom. The van der Waals surface area contributed by atoms with E-state index in [1.54, 1.807) is 0 Å². The molecule has 22 heavy (non-hydrogen) atoms. The molecule has 1 aromatic heterocycles. The van der Waals surface area contributed by atoms with Crippen LogP contribution in [0.25, 0.3) is 0 Å². The predicted molar refractivity (Wildman–Crippen MR) is 89.9 cm³/mol. The van der Waals surface area contributed by atoms with Gasteiger partial charge in [0.2, 0.25) is 0 Å². The molecule has 1 amide bonds. The normalized spacial score (nSPS) is 16.3. The summed E-state index contributed by atoms with van der Waals surface area (Å²) >= 11 is 1.46. The number of rotatable bonds is 3. The lowest BCUT2D eigenvalue weighted by atomic mass is 10.3. The fourth-order valence-electron chi connectivity index (χ4n) is 2.49. The number of thiazole rings is 1. The third kappa shape index (κ3) is 3.64. The molecule has 1 saturated heterocycles. The van der Waals surface area contributed by atoms with Gasteiger partial charge in [-0.25, -0.2) is 4.98 Å². The number of likely N-dealkylation sites (N-methyl/N-ethyl adjacent to an activating group) is 1. The van der Waals surface area contributed by atoms with Crippen molar-refractivity contribution in [2.24, 2.45) is 0 Å². The van der Waals surface area contributed by atoms with Gasteiger partial charge >= 0.3 is 0 Å². The topological polar surface area (TPSA) is 48.5 Å². The van der Waals surface area contributed by atoms with E-state index in [1.165, 1.54) is 11.3 Å². The molecule has 2 aromatic rings. The largest absolute Gasteiger partial charge is 0.336 e. The van der Waals surface area contributed by atoms with Gasteiger partial charge in [-0.3, -0.25) is 4.79 Å². The molecule has 0 bridgehead atoms. The minimum absolute atomic E-state index is 0.0349. The number of carbonyl (C=O) groups excluding carboxylic acids is 1. The highest BCUT2D eigenvalue weighted by atomic mass is 32.1. The molecule has 0 saturated carbocycles. The molecule has 1 aromatic carbocycles. The van der Waals surface area contributed by atoms with Gasteiger partial charge in [0.05, 0.1) is 0 Å². The summed E-state index contributed by atoms with van der Waals surface area (Å²) in [6.45, 7) is 3.54. The molecule has 2 heterocycles. The van der Waals surface area contributed by atoms with Crippen LogP contribution in [-0.4, -0.2) is 53.9 Å². The Morgan fingerprint density at radius 3 is 2.82 bits per heavy atom. The number of benzene rings is 1. The van der Waals surface area contributed by atoms with Crippen molar-refractivity contribution in [3.05, 3.63) is 41.4 Å². The highest BCUT2D eigenvalue weighted by Crippen LogP contribution is 2.21. The molecule has 1 aliphatic heterocycles. The summed E-state index contributed by atoms with van der Waals surface area (Å²) in [6, 6.07) is 9.87. The van der Waals surface area contributed by atoms with Crippen molar-refractivity contribution >= 4 is 28.1 Å². The van der Waals surface area contributed by atoms with E-state index in [0.29, 0.717) is 5.69 Å². The van der Waals surface area contributed by atoms with E-state index in [1.807, 2.05) is 40.6 Å². The molecule has 1 N–H and O–H groups in total. The second-order valence-corrected chi connectivity index (χ2v) is 6.34. The van der Waals surface area contributed by atoms with Gasteiger partial charge in [0.15, 0.2) is 5.13 Å². The lowest BCUT2D eigenvalue weighted by Crippen LogP contribution is -2.34. The lowest BCUT2D eigenvalue weighted by Gasteiger charge is -2.19. The number of hydrogen-bond donors (Lipinski definition) is 1. The zero-order chi connectivity index (χ0) is 15.4. The number of para-hydroxylation sites is 1. The molecule has 1 fully saturated rings. The Bertz CT molecular complexity index is 628. The van der Waals surface area contributed by atoms with Crippen molar-refractivity contribution in [3.8, 4) is 0 Å². The number of amides is 1. The van der Waals surface area contributed by atoms with Crippen LogP contribution in [0.2, 0.25) is 0 Å². The minimum Gasteiger partial charge on any atom is -0.336 e. The quantitative estimate of drug-likeness (QED) is 0.946. The standard InChI is InChI=1S/C16H20N4OS/c1-19-8-5-9-20(11-10-19)15(21)14-12-22-16(18-14)17-13-6-3-2-4-7-13/h2-4,6-7,12H,5,8-11H2,1H3,(H,17,18). The molecule has 5 nitrogen and oxygen atoms in total. The summed E-state index contributed by atoms with van der Waals surface area (Å²) in [7, 11) is 2.10. The van der Waals surface area contributed by atoms with Gasteiger partial charge in [0.25, 0.3) is 5.91 Å². The Balaban J connectivity index is 1.66. The first-order chi connectivity index (χ1) is 10.7. The Morgan fingerprint density at radius 2 is 2.00 bits per heavy atom. The highest BCUT2D eigenvalue weighted by Gasteiger charge is 2.21. The van der Waals surface area contributed by atoms with Gasteiger partial charge in [0.1, 0.15) is 5.69 Å². The van der Waals surface area contributed by atoms with Crippen molar-refractivity contribution in [1.82, 2.24) is 14.8 Å². The molecule has 3 rings (SSSR count). The smallest absolute Gasteiger partial charge is 0.273 e. The van der Waals surface area contributed by atoms with Crippen molar-refractivity contribution in [1.29, 1.82) is 0 Å². The molecular formula is C16H20N4OS. The van der Waals surface area contributed by atoms with Crippen LogP contribution in [0.4, 0.5) is 10.8 Å². The van der Waals surface area contributed by atoms with Crippen molar-refractivity contribution in [2.75, 3.05) is 38.5 Å². The molecule has 6 heteroatoms. The fraction of sp³-hybridized carbons (Fsp3) is 0.375. The summed E-state index contributed by atoms with van der Waals surface area (Å²) in [5, 5.41) is 5.82. The van der Waals surface area contributed by atoms with Gasteiger partial charge in [-0.2, -0.15) is 0 Å². The SMILES string of the molecule is CN1CCCN(C(=O)c2csc(Nc3ccccc3)n2)CC1. The maximum absolute atomic E-state index is 12.5. The molecule has 1 aliphatic rings. The minimum atomic E-state index is 0.0349. The Labute approximate surface area is 134 Å². The van der Waals surface area contributed by atoms with E-state index in [4.69, 9.17) is 0 Å². The second kappa shape index (κ2) is 6.89. The molecular weight excluding hydrogens is 296 g/mol. The van der Waals surface area contributed by atoms with Crippen LogP contribution in [0.5, 0.6) is 0 Å². The van der Waals surface area contributed by atoms with Crippen molar-refractivity contribution in [3.63, 3.8) is 0 Å².